The summed E-state index contributed by atoms with van der Waals surface area (Å²) >= 11 is 0. The van der Waals surface area contributed by atoms with Crippen molar-refractivity contribution in [2.24, 2.45) is 0 Å². The Hall–Kier alpha value is -3.92. The molecule has 3 aromatic rings. The topological polar surface area (TPSA) is 68.3 Å². The van der Waals surface area contributed by atoms with Crippen molar-refractivity contribution in [3.63, 3.8) is 0 Å². The fourth-order valence-corrected chi connectivity index (χ4v) is 4.33. The number of hydrogen-bond acceptors (Lipinski definition) is 4. The molecule has 0 fully saturated rings. The molecule has 0 unspecified atom stereocenters. The standard InChI is InChI=1S/C25H14O4/c26-21-14-20(22(27)17-11-5-4-10-16(17)21)25(15-8-2-1-3-9-15)23(28)18-12-6-7-13-19(18)24(25)29/h1-14H. The molecule has 0 spiro atoms. The van der Waals surface area contributed by atoms with Gasteiger partial charge in [0.25, 0.3) is 0 Å². The van der Waals surface area contributed by atoms with Gasteiger partial charge in [-0.1, -0.05) is 78.9 Å². The number of hydrogen-bond donors (Lipinski definition) is 0. The number of carbonyl (C=O) groups excluding carboxylic acids is 4. The van der Waals surface area contributed by atoms with Gasteiger partial charge in [0.1, 0.15) is 0 Å². The Kier molecular flexibility index (Phi) is 3.58. The lowest BCUT2D eigenvalue weighted by molar-refractivity contribution is 0.0797. The smallest absolute Gasteiger partial charge is 0.191 e. The second-order valence-corrected chi connectivity index (χ2v) is 7.12. The Balaban J connectivity index is 1.84. The van der Waals surface area contributed by atoms with Crippen LogP contribution < -0.4 is 0 Å². The van der Waals surface area contributed by atoms with E-state index < -0.39 is 22.8 Å². The summed E-state index contributed by atoms with van der Waals surface area (Å²) in [5.74, 6) is -1.81. The molecule has 3 aromatic carbocycles. The number of Topliss-reactive ketones (excluding diaryl/α,β-unsaturated/α-hetero) is 3. The summed E-state index contributed by atoms with van der Waals surface area (Å²) in [6.07, 6.45) is 1.17. The molecule has 0 atom stereocenters. The fraction of sp³-hybridized carbons (Fsp3) is 0.0400. The SMILES string of the molecule is O=C1C=C(C2(c3ccccc3)C(=O)c3ccccc3C2=O)C(=O)c2ccccc21. The van der Waals surface area contributed by atoms with E-state index in [-0.39, 0.29) is 33.6 Å². The molecule has 0 N–H and O–H groups in total. The van der Waals surface area contributed by atoms with E-state index in [0.717, 1.165) is 0 Å². The van der Waals surface area contributed by atoms with Gasteiger partial charge < -0.3 is 0 Å². The Morgan fingerprint density at radius 1 is 0.517 bits per heavy atom. The van der Waals surface area contributed by atoms with Crippen LogP contribution in [0, 0.1) is 0 Å². The van der Waals surface area contributed by atoms with Gasteiger partial charge in [-0.3, -0.25) is 19.2 Å². The number of ketones is 4. The molecule has 138 valence electrons. The first-order chi connectivity index (χ1) is 14.1. The molecule has 0 aromatic heterocycles. The summed E-state index contributed by atoms with van der Waals surface area (Å²) in [5.41, 5.74) is -0.536. The zero-order chi connectivity index (χ0) is 20.2. The summed E-state index contributed by atoms with van der Waals surface area (Å²) in [6, 6.07) is 21.5. The van der Waals surface area contributed by atoms with Crippen LogP contribution in [0.1, 0.15) is 47.0 Å². The third-order valence-electron chi connectivity index (χ3n) is 5.67. The Labute approximate surface area is 166 Å². The number of benzene rings is 3. The monoisotopic (exact) mass is 378 g/mol. The Morgan fingerprint density at radius 2 is 1.00 bits per heavy atom. The minimum Gasteiger partial charge on any atom is -0.292 e. The average Bonchev–Trinajstić information content (AvgIpc) is 2.99. The molecule has 4 heteroatoms. The Bertz CT molecular complexity index is 1230. The van der Waals surface area contributed by atoms with Crippen LogP contribution in [0.4, 0.5) is 0 Å². The van der Waals surface area contributed by atoms with Crippen LogP contribution in [0.5, 0.6) is 0 Å². The Morgan fingerprint density at radius 3 is 1.59 bits per heavy atom. The van der Waals surface area contributed by atoms with Gasteiger partial charge >= 0.3 is 0 Å². The highest BCUT2D eigenvalue weighted by atomic mass is 16.2. The van der Waals surface area contributed by atoms with Crippen LogP contribution >= 0.6 is 0 Å². The molecule has 0 heterocycles. The maximum absolute atomic E-state index is 13.7. The lowest BCUT2D eigenvalue weighted by atomic mass is 9.66. The molecule has 29 heavy (non-hydrogen) atoms. The van der Waals surface area contributed by atoms with Crippen molar-refractivity contribution in [1.29, 1.82) is 0 Å². The van der Waals surface area contributed by atoms with Gasteiger partial charge in [0, 0.05) is 27.8 Å². The van der Waals surface area contributed by atoms with E-state index in [0.29, 0.717) is 5.56 Å². The van der Waals surface area contributed by atoms with Gasteiger partial charge in [0.15, 0.2) is 28.5 Å². The largest absolute Gasteiger partial charge is 0.292 e. The molecule has 0 saturated carbocycles. The van der Waals surface area contributed by atoms with Crippen LogP contribution in [-0.4, -0.2) is 23.1 Å². The first-order valence-electron chi connectivity index (χ1n) is 9.21. The van der Waals surface area contributed by atoms with Gasteiger partial charge in [-0.15, -0.1) is 0 Å². The lowest BCUT2D eigenvalue weighted by Crippen LogP contribution is -2.44. The number of allylic oxidation sites excluding steroid dienone is 2. The summed E-state index contributed by atoms with van der Waals surface area (Å²) in [6.45, 7) is 0. The van der Waals surface area contributed by atoms with Crippen LogP contribution in [0.25, 0.3) is 0 Å². The van der Waals surface area contributed by atoms with Crippen molar-refractivity contribution in [2.75, 3.05) is 0 Å². The second kappa shape index (κ2) is 6.04. The molecular formula is C25H14O4. The summed E-state index contributed by atoms with van der Waals surface area (Å²) in [4.78, 5) is 53.6. The molecule has 0 saturated heterocycles. The van der Waals surface area contributed by atoms with Crippen molar-refractivity contribution in [2.45, 2.75) is 5.41 Å². The average molecular weight is 378 g/mol. The van der Waals surface area contributed by atoms with E-state index in [2.05, 4.69) is 0 Å². The maximum Gasteiger partial charge on any atom is 0.191 e. The van der Waals surface area contributed by atoms with Crippen LogP contribution in [0.2, 0.25) is 0 Å². The molecular weight excluding hydrogens is 364 g/mol. The van der Waals surface area contributed by atoms with E-state index in [1.165, 1.54) is 6.08 Å². The van der Waals surface area contributed by atoms with Crippen molar-refractivity contribution in [3.8, 4) is 0 Å². The van der Waals surface area contributed by atoms with E-state index in [1.807, 2.05) is 0 Å². The maximum atomic E-state index is 13.7. The predicted octanol–water partition coefficient (Wildman–Crippen LogP) is 4.01. The van der Waals surface area contributed by atoms with Gasteiger partial charge in [-0.05, 0) is 11.6 Å². The molecule has 0 bridgehead atoms. The third kappa shape index (κ3) is 2.14. The van der Waals surface area contributed by atoms with Crippen molar-refractivity contribution in [3.05, 3.63) is 118 Å². The van der Waals surface area contributed by atoms with E-state index >= 15 is 0 Å². The zero-order valence-corrected chi connectivity index (χ0v) is 15.2. The first-order valence-corrected chi connectivity index (χ1v) is 9.21. The summed E-state index contributed by atoms with van der Waals surface area (Å²) in [7, 11) is 0. The normalized spacial score (nSPS) is 17.0. The van der Waals surface area contributed by atoms with Crippen LogP contribution in [0.3, 0.4) is 0 Å². The lowest BCUT2D eigenvalue weighted by Gasteiger charge is -2.30. The molecule has 2 aliphatic rings. The van der Waals surface area contributed by atoms with Gasteiger partial charge in [0.05, 0.1) is 0 Å². The highest BCUT2D eigenvalue weighted by Gasteiger charge is 2.59. The minimum atomic E-state index is -1.86. The van der Waals surface area contributed by atoms with Crippen molar-refractivity contribution in [1.82, 2.24) is 0 Å². The second-order valence-electron chi connectivity index (χ2n) is 7.12. The van der Waals surface area contributed by atoms with Gasteiger partial charge in [-0.25, -0.2) is 0 Å². The fourth-order valence-electron chi connectivity index (χ4n) is 4.33. The van der Waals surface area contributed by atoms with E-state index in [1.54, 1.807) is 78.9 Å². The first kappa shape index (κ1) is 17.2. The predicted molar refractivity (Wildman–Crippen MR) is 106 cm³/mol. The highest BCUT2D eigenvalue weighted by Crippen LogP contribution is 2.47. The van der Waals surface area contributed by atoms with Gasteiger partial charge in [0.2, 0.25) is 0 Å². The number of fused-ring (bicyclic) bond motifs is 2. The molecule has 5 rings (SSSR count). The molecule has 0 aliphatic heterocycles. The van der Waals surface area contributed by atoms with E-state index in [9.17, 15) is 19.2 Å². The number of carbonyl (C=O) groups is 4. The highest BCUT2D eigenvalue weighted by molar-refractivity contribution is 6.41. The molecule has 4 nitrogen and oxygen atoms in total. The van der Waals surface area contributed by atoms with Crippen molar-refractivity contribution >= 4 is 23.1 Å². The van der Waals surface area contributed by atoms with Crippen molar-refractivity contribution < 1.29 is 19.2 Å². The van der Waals surface area contributed by atoms with Crippen LogP contribution in [0.15, 0.2) is 90.5 Å². The van der Waals surface area contributed by atoms with Crippen LogP contribution in [-0.2, 0) is 5.41 Å². The summed E-state index contributed by atoms with van der Waals surface area (Å²) < 4.78 is 0. The zero-order valence-electron chi connectivity index (χ0n) is 15.2. The van der Waals surface area contributed by atoms with Gasteiger partial charge in [-0.2, -0.15) is 0 Å². The molecule has 0 radical (unpaired) electrons. The third-order valence-corrected chi connectivity index (χ3v) is 5.67. The van der Waals surface area contributed by atoms with E-state index in [4.69, 9.17) is 0 Å². The minimum absolute atomic E-state index is 0.0846. The quantitative estimate of drug-likeness (QED) is 0.632. The molecule has 2 aliphatic carbocycles. The molecule has 0 amide bonds. The summed E-state index contributed by atoms with van der Waals surface area (Å²) in [5, 5.41) is 0. The number of rotatable bonds is 2.